The van der Waals surface area contributed by atoms with Crippen LogP contribution in [0.4, 0.5) is 8.78 Å². The lowest BCUT2D eigenvalue weighted by Gasteiger charge is -2.04. The Morgan fingerprint density at radius 2 is 2.06 bits per heavy atom. The average molecular weight is 253 g/mol. The lowest BCUT2D eigenvalue weighted by atomic mass is 10.2. The quantitative estimate of drug-likeness (QED) is 0.887. The van der Waals surface area contributed by atoms with E-state index >= 15 is 0 Å². The molecule has 94 valence electrons. The van der Waals surface area contributed by atoms with Gasteiger partial charge >= 0.3 is 5.97 Å². The number of halogens is 2. The van der Waals surface area contributed by atoms with Gasteiger partial charge in [0.25, 0.3) is 0 Å². The normalized spacial score (nSPS) is 10.7. The summed E-state index contributed by atoms with van der Waals surface area (Å²) in [5.74, 6) is -3.10. The number of aromatic nitrogens is 3. The fraction of sp³-hybridized carbons (Fsp3) is 0.182. The molecule has 2 rings (SSSR count). The van der Waals surface area contributed by atoms with Crippen molar-refractivity contribution in [2.24, 2.45) is 0 Å². The molecule has 0 saturated carbocycles. The van der Waals surface area contributed by atoms with Crippen molar-refractivity contribution in [1.82, 2.24) is 14.8 Å². The molecule has 0 unspecified atom stereocenters. The standard InChI is InChI=1S/C11H9F2N3O2/c1-5-9(11(17)18)6(2)16(15-5)10-8(13)3-7(12)4-14-10/h3-4H,1-2H3,(H,17,18). The van der Waals surface area contributed by atoms with Gasteiger partial charge in [-0.25, -0.2) is 23.2 Å². The van der Waals surface area contributed by atoms with E-state index in [0.29, 0.717) is 6.07 Å². The van der Waals surface area contributed by atoms with E-state index in [0.717, 1.165) is 10.9 Å². The van der Waals surface area contributed by atoms with Crippen molar-refractivity contribution >= 4 is 5.97 Å². The van der Waals surface area contributed by atoms with Gasteiger partial charge in [0.2, 0.25) is 0 Å². The molecule has 0 spiro atoms. The lowest BCUT2D eigenvalue weighted by molar-refractivity contribution is 0.0695. The number of rotatable bonds is 2. The molecule has 0 aromatic carbocycles. The molecule has 2 aromatic rings. The Balaban J connectivity index is 2.65. The average Bonchev–Trinajstić information content (AvgIpc) is 2.54. The second-order valence-corrected chi connectivity index (χ2v) is 3.72. The third-order valence-electron chi connectivity index (χ3n) is 2.49. The van der Waals surface area contributed by atoms with Gasteiger partial charge in [0.1, 0.15) is 11.4 Å². The summed E-state index contributed by atoms with van der Waals surface area (Å²) in [6.07, 6.45) is 0.843. The molecule has 0 fully saturated rings. The minimum Gasteiger partial charge on any atom is -0.478 e. The first-order chi connectivity index (χ1) is 8.41. The van der Waals surface area contributed by atoms with Crippen LogP contribution in [-0.4, -0.2) is 25.8 Å². The summed E-state index contributed by atoms with van der Waals surface area (Å²) in [6, 6.07) is 0.666. The maximum atomic E-state index is 13.5. The molecule has 0 bridgehead atoms. The number of aryl methyl sites for hydroxylation is 1. The molecule has 18 heavy (non-hydrogen) atoms. The molecule has 0 aliphatic rings. The van der Waals surface area contributed by atoms with Crippen LogP contribution < -0.4 is 0 Å². The van der Waals surface area contributed by atoms with Gasteiger partial charge in [-0.2, -0.15) is 5.10 Å². The van der Waals surface area contributed by atoms with E-state index in [4.69, 9.17) is 5.11 Å². The Bertz CT molecular complexity index is 637. The van der Waals surface area contributed by atoms with E-state index in [2.05, 4.69) is 10.1 Å². The summed E-state index contributed by atoms with van der Waals surface area (Å²) in [5, 5.41) is 12.9. The van der Waals surface area contributed by atoms with Gasteiger partial charge in [0.05, 0.1) is 17.6 Å². The summed E-state index contributed by atoms with van der Waals surface area (Å²) >= 11 is 0. The zero-order valence-electron chi connectivity index (χ0n) is 9.61. The molecular formula is C11H9F2N3O2. The molecule has 7 heteroatoms. The first-order valence-electron chi connectivity index (χ1n) is 5.02. The summed E-state index contributed by atoms with van der Waals surface area (Å²) in [5.41, 5.74) is 0.462. The number of hydrogen-bond acceptors (Lipinski definition) is 3. The van der Waals surface area contributed by atoms with Crippen LogP contribution in [0.2, 0.25) is 0 Å². The van der Waals surface area contributed by atoms with Crippen molar-refractivity contribution in [1.29, 1.82) is 0 Å². The predicted octanol–water partition coefficient (Wildman–Crippen LogP) is 1.86. The molecule has 0 radical (unpaired) electrons. The van der Waals surface area contributed by atoms with E-state index in [1.54, 1.807) is 0 Å². The van der Waals surface area contributed by atoms with E-state index < -0.39 is 17.6 Å². The number of nitrogens with zero attached hydrogens (tertiary/aromatic N) is 3. The summed E-state index contributed by atoms with van der Waals surface area (Å²) in [7, 11) is 0. The van der Waals surface area contributed by atoms with Crippen LogP contribution in [0.25, 0.3) is 5.82 Å². The zero-order chi connectivity index (χ0) is 13.4. The first-order valence-corrected chi connectivity index (χ1v) is 5.02. The highest BCUT2D eigenvalue weighted by Crippen LogP contribution is 2.18. The van der Waals surface area contributed by atoms with Crippen molar-refractivity contribution < 1.29 is 18.7 Å². The Hall–Kier alpha value is -2.31. The van der Waals surface area contributed by atoms with Gasteiger partial charge in [-0.3, -0.25) is 0 Å². The fourth-order valence-corrected chi connectivity index (χ4v) is 1.72. The van der Waals surface area contributed by atoms with Crippen LogP contribution in [0.15, 0.2) is 12.3 Å². The summed E-state index contributed by atoms with van der Waals surface area (Å²) < 4.78 is 27.3. The Labute approximate surface area is 101 Å². The monoisotopic (exact) mass is 253 g/mol. The maximum Gasteiger partial charge on any atom is 0.339 e. The molecule has 2 aromatic heterocycles. The molecule has 0 aliphatic heterocycles. The molecule has 1 N–H and O–H groups in total. The number of pyridine rings is 1. The van der Waals surface area contributed by atoms with E-state index in [9.17, 15) is 13.6 Å². The van der Waals surface area contributed by atoms with Crippen LogP contribution in [0.1, 0.15) is 21.7 Å². The summed E-state index contributed by atoms with van der Waals surface area (Å²) in [4.78, 5) is 14.6. The smallest absolute Gasteiger partial charge is 0.339 e. The molecule has 0 aliphatic carbocycles. The lowest BCUT2D eigenvalue weighted by Crippen LogP contribution is -2.07. The third-order valence-corrected chi connectivity index (χ3v) is 2.49. The fourth-order valence-electron chi connectivity index (χ4n) is 1.72. The number of carboxylic acids is 1. The van der Waals surface area contributed by atoms with Crippen molar-refractivity contribution in [3.63, 3.8) is 0 Å². The second kappa shape index (κ2) is 4.17. The van der Waals surface area contributed by atoms with Crippen molar-refractivity contribution in [2.45, 2.75) is 13.8 Å². The molecule has 2 heterocycles. The zero-order valence-corrected chi connectivity index (χ0v) is 9.61. The maximum absolute atomic E-state index is 13.5. The Morgan fingerprint density at radius 3 is 2.56 bits per heavy atom. The summed E-state index contributed by atoms with van der Waals surface area (Å²) in [6.45, 7) is 2.97. The van der Waals surface area contributed by atoms with Crippen LogP contribution in [-0.2, 0) is 0 Å². The Kier molecular flexibility index (Phi) is 2.82. The van der Waals surface area contributed by atoms with Gasteiger partial charge in [-0.15, -0.1) is 0 Å². The highest BCUT2D eigenvalue weighted by Gasteiger charge is 2.20. The van der Waals surface area contributed by atoms with Crippen LogP contribution in [0.5, 0.6) is 0 Å². The molecule has 0 saturated heterocycles. The largest absolute Gasteiger partial charge is 0.478 e. The predicted molar refractivity (Wildman–Crippen MR) is 57.7 cm³/mol. The van der Waals surface area contributed by atoms with Crippen LogP contribution in [0.3, 0.4) is 0 Å². The number of hydrogen-bond donors (Lipinski definition) is 1. The van der Waals surface area contributed by atoms with Crippen LogP contribution >= 0.6 is 0 Å². The number of aromatic carboxylic acids is 1. The molecule has 0 amide bonds. The first kappa shape index (κ1) is 12.2. The Morgan fingerprint density at radius 1 is 1.39 bits per heavy atom. The van der Waals surface area contributed by atoms with Crippen LogP contribution in [0, 0.1) is 25.5 Å². The van der Waals surface area contributed by atoms with E-state index in [1.165, 1.54) is 13.8 Å². The highest BCUT2D eigenvalue weighted by atomic mass is 19.1. The van der Waals surface area contributed by atoms with Gasteiger partial charge < -0.3 is 5.11 Å². The van der Waals surface area contributed by atoms with Gasteiger partial charge in [-0.1, -0.05) is 0 Å². The van der Waals surface area contributed by atoms with E-state index in [-0.39, 0.29) is 22.8 Å². The number of carboxylic acid groups (broad SMARTS) is 1. The van der Waals surface area contributed by atoms with Gasteiger partial charge in [-0.05, 0) is 13.8 Å². The molecular weight excluding hydrogens is 244 g/mol. The van der Waals surface area contributed by atoms with Crippen molar-refractivity contribution in [3.05, 3.63) is 40.8 Å². The van der Waals surface area contributed by atoms with E-state index in [1.807, 2.05) is 0 Å². The van der Waals surface area contributed by atoms with Gasteiger partial charge in [0, 0.05) is 6.07 Å². The topological polar surface area (TPSA) is 68.0 Å². The van der Waals surface area contributed by atoms with Gasteiger partial charge in [0.15, 0.2) is 11.6 Å². The molecule has 5 nitrogen and oxygen atoms in total. The van der Waals surface area contributed by atoms with Crippen molar-refractivity contribution in [2.75, 3.05) is 0 Å². The molecule has 0 atom stereocenters. The van der Waals surface area contributed by atoms with Crippen molar-refractivity contribution in [3.8, 4) is 5.82 Å². The minimum atomic E-state index is -1.15. The highest BCUT2D eigenvalue weighted by molar-refractivity contribution is 5.90. The minimum absolute atomic E-state index is 0.0134. The SMILES string of the molecule is Cc1nn(-c2ncc(F)cc2F)c(C)c1C(=O)O. The third kappa shape index (κ3) is 1.83. The second-order valence-electron chi connectivity index (χ2n) is 3.72. The number of carbonyl (C=O) groups is 1.